The molecular weight excluding hydrogens is 1920 g/mol. The number of carbonyl (C=O) groups is 3. The van der Waals surface area contributed by atoms with Crippen LogP contribution in [-0.4, -0.2) is 167 Å². The number of thioether (sulfide) groups is 3. The number of amides is 3. The van der Waals surface area contributed by atoms with Crippen LogP contribution in [0.25, 0.3) is 22.3 Å². The molecule has 6 atom stereocenters. The van der Waals surface area contributed by atoms with E-state index < -0.39 is 523 Å². The van der Waals surface area contributed by atoms with Crippen molar-refractivity contribution in [2.24, 2.45) is 17.7 Å². The summed E-state index contributed by atoms with van der Waals surface area (Å²) in [5.74, 6) is -20.9. The quantitative estimate of drug-likeness (QED) is 0.0202. The molecule has 3 heterocycles. The number of benzene rings is 7. The van der Waals surface area contributed by atoms with Gasteiger partial charge in [0, 0.05) is 150 Å². The molecule has 15 rings (SSSR count). The first-order valence-corrected chi connectivity index (χ1v) is 45.7. The summed E-state index contributed by atoms with van der Waals surface area (Å²) in [6.45, 7) is -36.9. The van der Waals surface area contributed by atoms with Gasteiger partial charge >= 0.3 is 18.5 Å². The summed E-state index contributed by atoms with van der Waals surface area (Å²) in [6.07, 6.45) is -35.4. The fraction of sp³-hybridized carbons (Fsp3) is 0.414. The Balaban J connectivity index is 0.000000247. The second-order valence-corrected chi connectivity index (χ2v) is 33.1. The molecule has 5 aliphatic carbocycles. The molecule has 7 aromatic carbocycles. The first kappa shape index (κ1) is 54.4. The van der Waals surface area contributed by atoms with Crippen LogP contribution in [0, 0.1) is 35.2 Å². The molecule has 33 heteroatoms. The van der Waals surface area contributed by atoms with E-state index in [9.17, 15) is 83.5 Å². The van der Waals surface area contributed by atoms with Gasteiger partial charge in [0.15, 0.2) is 15.5 Å². The molecular formula is C111H124F12N12O6S3. The van der Waals surface area contributed by atoms with E-state index in [0.717, 1.165) is 91.8 Å². The lowest BCUT2D eigenvalue weighted by atomic mass is 9.82. The predicted octanol–water partition coefficient (Wildman–Crippen LogP) is 22.4. The molecule has 3 aromatic heterocycles. The van der Waals surface area contributed by atoms with Gasteiger partial charge in [-0.05, 0) is 242 Å². The van der Waals surface area contributed by atoms with E-state index in [-0.39, 0.29) is 89.0 Å². The highest BCUT2D eigenvalue weighted by Gasteiger charge is 2.40. The van der Waals surface area contributed by atoms with E-state index in [1.54, 1.807) is 0 Å². The summed E-state index contributed by atoms with van der Waals surface area (Å²) in [6, 6.07) is -21.0. The van der Waals surface area contributed by atoms with Gasteiger partial charge in [-0.1, -0.05) is 236 Å². The zero-order chi connectivity index (χ0) is 157. The number of nitrogens with zero attached hydrogens (tertiary/aromatic N) is 12. The Morgan fingerprint density at radius 2 is 0.771 bits per heavy atom. The minimum absolute atomic E-state index is 0.0358. The van der Waals surface area contributed by atoms with Crippen molar-refractivity contribution in [3.05, 3.63) is 337 Å². The summed E-state index contributed by atoms with van der Waals surface area (Å²) in [4.78, 5) is 99.1. The lowest BCUT2D eigenvalue weighted by Gasteiger charge is -2.30. The third-order valence-electron chi connectivity index (χ3n) is 20.6. The minimum atomic E-state index is -5.48. The third-order valence-corrected chi connectivity index (χ3v) is 23.5. The van der Waals surface area contributed by atoms with Crippen LogP contribution in [-0.2, 0) is 115 Å². The highest BCUT2D eigenvalue weighted by Crippen LogP contribution is 2.42. The van der Waals surface area contributed by atoms with Gasteiger partial charge < -0.3 is 43.1 Å². The molecule has 0 N–H and O–H groups in total. The normalized spacial score (nSPS) is 27.1. The van der Waals surface area contributed by atoms with Crippen LogP contribution in [0.4, 0.5) is 52.7 Å². The van der Waals surface area contributed by atoms with Crippen LogP contribution in [0.15, 0.2) is 246 Å². The van der Waals surface area contributed by atoms with Crippen molar-refractivity contribution in [1.82, 2.24) is 58.1 Å². The second kappa shape index (κ2) is 50.6. The van der Waals surface area contributed by atoms with Crippen LogP contribution in [0.5, 0.6) is 0 Å². The van der Waals surface area contributed by atoms with E-state index >= 15 is 14.4 Å². The maximum atomic E-state index is 15.3. The van der Waals surface area contributed by atoms with Crippen LogP contribution < -0.4 is 16.7 Å². The van der Waals surface area contributed by atoms with Gasteiger partial charge in [-0.2, -0.15) is 54.5 Å². The molecule has 0 aliphatic heterocycles. The number of fused-ring (bicyclic) bond motifs is 3. The maximum Gasteiger partial charge on any atom is 0.416 e. The number of rotatable bonds is 39. The molecule has 0 radical (unpaired) electrons. The Bertz CT molecular complexity index is 9720. The topological polar surface area (TPSA) is 175 Å². The molecule has 10 aromatic rings. The predicted molar refractivity (Wildman–Crippen MR) is 544 cm³/mol. The largest absolute Gasteiger partial charge is 0.416 e. The number of hydrogen-bond donors (Lipinski definition) is 0. The number of hydrogen-bond acceptors (Lipinski definition) is 15. The number of likely N-dealkylation sites (N-methyl/N-ethyl adjacent to an activating group) is 3. The summed E-state index contributed by atoms with van der Waals surface area (Å²) in [5.41, 5.74) is -22.2. The lowest BCUT2D eigenvalue weighted by Crippen LogP contribution is -2.42. The van der Waals surface area contributed by atoms with Gasteiger partial charge in [-0.25, -0.2) is 13.2 Å². The van der Waals surface area contributed by atoms with Crippen molar-refractivity contribution in [2.75, 3.05) is 84.7 Å². The fourth-order valence-electron chi connectivity index (χ4n) is 13.5. The Morgan fingerprint density at radius 1 is 0.403 bits per heavy atom. The zero-order valence-corrected chi connectivity index (χ0v) is 79.4. The summed E-state index contributed by atoms with van der Waals surface area (Å²) in [7, 11) is 0. The van der Waals surface area contributed by atoms with Gasteiger partial charge in [-0.15, -0.1) is 0 Å². The fourth-order valence-corrected chi connectivity index (χ4v) is 16.0. The van der Waals surface area contributed by atoms with Gasteiger partial charge in [0.05, 0.1) is 60.5 Å². The van der Waals surface area contributed by atoms with E-state index in [4.69, 9.17) is 67.2 Å². The molecule has 766 valence electrons. The van der Waals surface area contributed by atoms with Gasteiger partial charge in [-0.3, -0.25) is 28.8 Å². The SMILES string of the molecule is [2H]C1=C(C2=C([2H])C([2H])=C(C(F)(F)F)C(C)C2[2H])C([2H])C([2H])C(C([2H])([2H])N(CCN(C([2H])([2H])C)C([2H])([2H])C)C(=O)C([2H])([2H])n2c(SCc3c([2H])c([2H])c(F)c([2H])c3[2H])nc(=O)c3c2CCC3)=C1[2H].[2H]c1c([2H])c(CSc2nc(=O)c3c(n2C([2H])([2H])C(=O)N(CCN(C([2H])([2H])C)C([2H])([2H])C)C([2H])([2H])c2c([2H])c([2H])c(-c4c([2H])c([2H])c(C(F)(F)F)c([2H])c4[2H])c([2H])c2[2H])C([2H])([2H])C([2H])(C)C3([2H])[2H])c([2H])c([2H])c1F.[2H]c1c([2H])c(CSc2nc(=O)c3c(n2C([2H])([2H])C(=O)N(CCN(C([2H])([2H])C)C([2H])([2H])C)C([2H])([2H])c2ccc(-c4ccc(C(F)(F)F)cc4)cc2)C([2H])([2H])C([2H])(C)C3([2H])[2H])c([2H])c([2H])c1F. The number of alkyl halides is 9. The molecule has 6 unspecified atom stereocenters. The first-order chi connectivity index (χ1) is 92.5. The molecule has 0 spiro atoms. The standard InChI is InChI=1S/2C37H40F4N4O2S.C37H44F4N4O2S/c2*1-4-43(5-2)18-19-44(22-26-6-10-28(11-7-26)29-12-14-30(15-13-29)37(39,40)41)34(46)23-45-33-21-25(3)20-32(33)35(47)42-36(45)48-24-27-8-16-31(38)17-9-27;1-4-43(5-2)19-20-44(22-26-9-13-28(14-10-26)29-15-18-32(25(3)21-29)37(39,40)41)34(46)23-45-33-8-6-7-31(33)35(47)42-36(45)48-24-27-11-16-30(38)17-12-27/h2*6-17,25H,4-5,18-24H2,1-3H3;9,11-13,15-18,25H,4-8,10,14,19-24H2,1-3H3/i4D2,5D2,6D,7D,8D,9D,10D,11D,12D,13D,14D,15D,16D,17D,20D2,21D2,22D2,23D2,25D;4D2,5D2,8D,9D,16D,17D,20D2,21D2,22D2,23D2,25D;4D2,5D2,9D,10D,11D,12D,13D,14D,15D,16D,17D,18D,21D,22D2,23D2. The van der Waals surface area contributed by atoms with Crippen LogP contribution in [0.3, 0.4) is 0 Å². The second-order valence-electron chi connectivity index (χ2n) is 30.3. The molecule has 0 fully saturated rings. The van der Waals surface area contributed by atoms with Crippen molar-refractivity contribution in [3.8, 4) is 22.3 Å². The van der Waals surface area contributed by atoms with Crippen molar-refractivity contribution < 1.29 is 151 Å². The van der Waals surface area contributed by atoms with Crippen molar-refractivity contribution >= 4 is 53.0 Å². The molecule has 0 saturated heterocycles. The van der Waals surface area contributed by atoms with E-state index in [1.807, 2.05) is 0 Å². The Labute approximate surface area is 932 Å². The van der Waals surface area contributed by atoms with Crippen molar-refractivity contribution in [2.45, 2.75) is 210 Å². The van der Waals surface area contributed by atoms with Gasteiger partial charge in [0.2, 0.25) is 17.7 Å². The van der Waals surface area contributed by atoms with Crippen LogP contribution in [0.2, 0.25) is 0 Å². The van der Waals surface area contributed by atoms with Crippen molar-refractivity contribution in [1.29, 1.82) is 0 Å². The maximum absolute atomic E-state index is 15.3. The summed E-state index contributed by atoms with van der Waals surface area (Å²) < 4.78 is 694. The molecule has 5 aliphatic rings. The molecule has 144 heavy (non-hydrogen) atoms. The third kappa shape index (κ3) is 29.8. The minimum Gasteiger partial charge on any atom is -0.336 e. The van der Waals surface area contributed by atoms with Gasteiger partial charge in [0.1, 0.15) is 36.9 Å². The number of carbonyl (C=O) groups excluding carboxylic acids is 3. The molecule has 3 amide bonds. The first-order valence-electron chi connectivity index (χ1n) is 73.4. The Morgan fingerprint density at radius 3 is 1.17 bits per heavy atom. The van der Waals surface area contributed by atoms with E-state index in [0.29, 0.717) is 38.0 Å². The summed E-state index contributed by atoms with van der Waals surface area (Å²) >= 11 is 0.719. The Hall–Kier alpha value is -11.4. The van der Waals surface area contributed by atoms with Gasteiger partial charge in [0.25, 0.3) is 16.7 Å². The van der Waals surface area contributed by atoms with Crippen LogP contribution >= 0.6 is 35.3 Å². The Kier molecular flexibility index (Phi) is 19.1. The highest BCUT2D eigenvalue weighted by atomic mass is 32.2. The van der Waals surface area contributed by atoms with E-state index in [1.165, 1.54) is 12.1 Å². The monoisotopic (exact) mass is 2110 g/mol. The molecule has 18 nitrogen and oxygen atoms in total. The summed E-state index contributed by atoms with van der Waals surface area (Å²) in [5, 5.41) is -2.75. The lowest BCUT2D eigenvalue weighted by molar-refractivity contribution is -0.138. The smallest absolute Gasteiger partial charge is 0.336 e. The number of aromatic nitrogens is 6. The zero-order valence-electron chi connectivity index (χ0n) is 138. The highest BCUT2D eigenvalue weighted by molar-refractivity contribution is 7.98. The molecule has 0 saturated carbocycles. The average molecular weight is 2110 g/mol. The number of allylic oxidation sites excluding steroid dienone is 7. The molecule has 0 bridgehead atoms. The number of halogens is 12. The average Bonchev–Trinajstić information content (AvgIpc) is 1.51. The van der Waals surface area contributed by atoms with Crippen LogP contribution in [0.1, 0.15) is 244 Å². The van der Waals surface area contributed by atoms with E-state index in [2.05, 4.69) is 15.0 Å². The van der Waals surface area contributed by atoms with Crippen molar-refractivity contribution in [3.63, 3.8) is 0 Å².